The van der Waals surface area contributed by atoms with Gasteiger partial charge in [0, 0.05) is 12.1 Å². The number of nitrogens with zero attached hydrogens (tertiary/aromatic N) is 1. The van der Waals surface area contributed by atoms with E-state index in [1.807, 2.05) is 36.4 Å². The fourth-order valence-corrected chi connectivity index (χ4v) is 2.75. The summed E-state index contributed by atoms with van der Waals surface area (Å²) in [5.41, 5.74) is 8.03. The number of para-hydroxylation sites is 1. The van der Waals surface area contributed by atoms with E-state index in [0.29, 0.717) is 17.2 Å². The standard InChI is InChI=1S/C15H13N3OS/c16-9-10-5-7-11(8-6-10)14(19)18-15-17-12-3-1-2-4-13(12)20-15/h1-8H,9,16H2,(H,17,18,19). The molecule has 1 amide bonds. The molecule has 1 heterocycles. The molecule has 0 aliphatic carbocycles. The number of hydrogen-bond donors (Lipinski definition) is 2. The zero-order chi connectivity index (χ0) is 13.9. The van der Waals surface area contributed by atoms with Crippen LogP contribution in [0, 0.1) is 0 Å². The van der Waals surface area contributed by atoms with Gasteiger partial charge in [0.05, 0.1) is 10.2 Å². The minimum absolute atomic E-state index is 0.160. The predicted octanol–water partition coefficient (Wildman–Crippen LogP) is 3.01. The number of rotatable bonds is 3. The number of hydrogen-bond acceptors (Lipinski definition) is 4. The molecule has 0 saturated carbocycles. The topological polar surface area (TPSA) is 68.0 Å². The maximum atomic E-state index is 12.1. The van der Waals surface area contributed by atoms with Crippen LogP contribution < -0.4 is 11.1 Å². The van der Waals surface area contributed by atoms with Gasteiger partial charge in [-0.3, -0.25) is 10.1 Å². The monoisotopic (exact) mass is 283 g/mol. The summed E-state index contributed by atoms with van der Waals surface area (Å²) in [7, 11) is 0. The smallest absolute Gasteiger partial charge is 0.257 e. The van der Waals surface area contributed by atoms with Gasteiger partial charge in [0.15, 0.2) is 5.13 Å². The van der Waals surface area contributed by atoms with Crippen molar-refractivity contribution in [2.24, 2.45) is 5.73 Å². The summed E-state index contributed by atoms with van der Waals surface area (Å²) in [5, 5.41) is 3.43. The fraction of sp³-hybridized carbons (Fsp3) is 0.0667. The molecule has 0 radical (unpaired) electrons. The van der Waals surface area contributed by atoms with Crippen LogP contribution in [0.15, 0.2) is 48.5 Å². The van der Waals surface area contributed by atoms with Crippen molar-refractivity contribution in [1.82, 2.24) is 4.98 Å². The van der Waals surface area contributed by atoms with Gasteiger partial charge in [0.1, 0.15) is 0 Å². The highest BCUT2D eigenvalue weighted by molar-refractivity contribution is 7.22. The quantitative estimate of drug-likeness (QED) is 0.776. The molecule has 0 unspecified atom stereocenters. The molecule has 0 bridgehead atoms. The zero-order valence-corrected chi connectivity index (χ0v) is 11.5. The number of aromatic nitrogens is 1. The van der Waals surface area contributed by atoms with E-state index < -0.39 is 0 Å². The van der Waals surface area contributed by atoms with E-state index in [0.717, 1.165) is 15.8 Å². The van der Waals surface area contributed by atoms with Gasteiger partial charge in [-0.1, -0.05) is 35.6 Å². The van der Waals surface area contributed by atoms with Crippen molar-refractivity contribution in [1.29, 1.82) is 0 Å². The second-order valence-electron chi connectivity index (χ2n) is 4.34. The lowest BCUT2D eigenvalue weighted by Crippen LogP contribution is -2.11. The number of anilines is 1. The Balaban J connectivity index is 1.80. The maximum Gasteiger partial charge on any atom is 0.257 e. The molecule has 2 aromatic carbocycles. The predicted molar refractivity (Wildman–Crippen MR) is 81.9 cm³/mol. The average Bonchev–Trinajstić information content (AvgIpc) is 2.89. The van der Waals surface area contributed by atoms with Gasteiger partial charge in [0.25, 0.3) is 5.91 Å². The fourth-order valence-electron chi connectivity index (χ4n) is 1.89. The summed E-state index contributed by atoms with van der Waals surface area (Å²) in [6, 6.07) is 15.0. The van der Waals surface area contributed by atoms with Crippen LogP contribution in [0.25, 0.3) is 10.2 Å². The molecular formula is C15H13N3OS. The van der Waals surface area contributed by atoms with Gasteiger partial charge < -0.3 is 5.73 Å². The third-order valence-electron chi connectivity index (χ3n) is 2.97. The van der Waals surface area contributed by atoms with Crippen LogP contribution in [0.5, 0.6) is 0 Å². The van der Waals surface area contributed by atoms with Gasteiger partial charge in [-0.2, -0.15) is 0 Å². The Bertz CT molecular complexity index is 716. The summed E-state index contributed by atoms with van der Waals surface area (Å²) < 4.78 is 1.06. The second kappa shape index (κ2) is 5.40. The molecule has 0 aliphatic heterocycles. The first-order valence-electron chi connectivity index (χ1n) is 6.22. The first-order valence-corrected chi connectivity index (χ1v) is 7.04. The lowest BCUT2D eigenvalue weighted by atomic mass is 10.1. The summed E-state index contributed by atoms with van der Waals surface area (Å²) >= 11 is 1.46. The maximum absolute atomic E-state index is 12.1. The SMILES string of the molecule is NCc1ccc(C(=O)Nc2nc3ccccc3s2)cc1. The molecule has 100 valence electrons. The van der Waals surface area contributed by atoms with E-state index in [1.165, 1.54) is 11.3 Å². The average molecular weight is 283 g/mol. The van der Waals surface area contributed by atoms with Crippen molar-refractivity contribution in [3.05, 3.63) is 59.7 Å². The minimum atomic E-state index is -0.160. The van der Waals surface area contributed by atoms with E-state index in [1.54, 1.807) is 12.1 Å². The second-order valence-corrected chi connectivity index (χ2v) is 5.37. The van der Waals surface area contributed by atoms with Crippen molar-refractivity contribution in [2.75, 3.05) is 5.32 Å². The van der Waals surface area contributed by atoms with Crippen molar-refractivity contribution >= 4 is 32.6 Å². The van der Waals surface area contributed by atoms with Crippen molar-refractivity contribution in [3.63, 3.8) is 0 Å². The number of benzene rings is 2. The van der Waals surface area contributed by atoms with Crippen LogP contribution in [0.4, 0.5) is 5.13 Å². The van der Waals surface area contributed by atoms with Gasteiger partial charge in [-0.05, 0) is 29.8 Å². The highest BCUT2D eigenvalue weighted by Crippen LogP contribution is 2.25. The van der Waals surface area contributed by atoms with E-state index in [-0.39, 0.29) is 5.91 Å². The molecular weight excluding hydrogens is 270 g/mol. The highest BCUT2D eigenvalue weighted by Gasteiger charge is 2.09. The summed E-state index contributed by atoms with van der Waals surface area (Å²) in [6.07, 6.45) is 0. The van der Waals surface area contributed by atoms with Crippen LogP contribution in [0.2, 0.25) is 0 Å². The van der Waals surface area contributed by atoms with Gasteiger partial charge in [0.2, 0.25) is 0 Å². The normalized spacial score (nSPS) is 10.7. The number of nitrogens with one attached hydrogen (secondary N) is 1. The lowest BCUT2D eigenvalue weighted by molar-refractivity contribution is 0.102. The lowest BCUT2D eigenvalue weighted by Gasteiger charge is -2.02. The molecule has 3 rings (SSSR count). The van der Waals surface area contributed by atoms with Crippen LogP contribution in [0.3, 0.4) is 0 Å². The van der Waals surface area contributed by atoms with Crippen LogP contribution >= 0.6 is 11.3 Å². The van der Waals surface area contributed by atoms with Gasteiger partial charge >= 0.3 is 0 Å². The molecule has 4 nitrogen and oxygen atoms in total. The first kappa shape index (κ1) is 12.8. The van der Waals surface area contributed by atoms with Gasteiger partial charge in [-0.25, -0.2) is 4.98 Å². The Morgan fingerprint density at radius 1 is 1.15 bits per heavy atom. The summed E-state index contributed by atoms with van der Waals surface area (Å²) in [4.78, 5) is 16.5. The van der Waals surface area contributed by atoms with Crippen molar-refractivity contribution < 1.29 is 4.79 Å². The van der Waals surface area contributed by atoms with Crippen molar-refractivity contribution in [3.8, 4) is 0 Å². The van der Waals surface area contributed by atoms with Crippen LogP contribution in [0.1, 0.15) is 15.9 Å². The number of amides is 1. The molecule has 0 spiro atoms. The zero-order valence-electron chi connectivity index (χ0n) is 10.7. The van der Waals surface area contributed by atoms with Crippen LogP contribution in [-0.2, 0) is 6.54 Å². The number of fused-ring (bicyclic) bond motifs is 1. The third kappa shape index (κ3) is 2.54. The number of thiazole rings is 1. The highest BCUT2D eigenvalue weighted by atomic mass is 32.1. The molecule has 0 fully saturated rings. The summed E-state index contributed by atoms with van der Waals surface area (Å²) in [5.74, 6) is -0.160. The number of nitrogens with two attached hydrogens (primary N) is 1. The van der Waals surface area contributed by atoms with E-state index >= 15 is 0 Å². The van der Waals surface area contributed by atoms with E-state index in [4.69, 9.17) is 5.73 Å². The molecule has 1 aromatic heterocycles. The first-order chi connectivity index (χ1) is 9.76. The molecule has 3 N–H and O–H groups in total. The number of carbonyl (C=O) groups is 1. The Hall–Kier alpha value is -2.24. The van der Waals surface area contributed by atoms with E-state index in [2.05, 4.69) is 10.3 Å². The Morgan fingerprint density at radius 3 is 2.60 bits per heavy atom. The Morgan fingerprint density at radius 2 is 1.90 bits per heavy atom. The largest absolute Gasteiger partial charge is 0.326 e. The molecule has 20 heavy (non-hydrogen) atoms. The Kier molecular flexibility index (Phi) is 3.45. The number of carbonyl (C=O) groups excluding carboxylic acids is 1. The molecule has 0 saturated heterocycles. The molecule has 0 aliphatic rings. The van der Waals surface area contributed by atoms with Crippen LogP contribution in [-0.4, -0.2) is 10.9 Å². The third-order valence-corrected chi connectivity index (χ3v) is 3.92. The van der Waals surface area contributed by atoms with Gasteiger partial charge in [-0.15, -0.1) is 0 Å². The van der Waals surface area contributed by atoms with E-state index in [9.17, 15) is 4.79 Å². The summed E-state index contributed by atoms with van der Waals surface area (Å²) in [6.45, 7) is 0.472. The molecule has 5 heteroatoms. The molecule has 3 aromatic rings. The molecule has 0 atom stereocenters. The Labute approximate surface area is 120 Å². The van der Waals surface area contributed by atoms with Crippen molar-refractivity contribution in [2.45, 2.75) is 6.54 Å². The minimum Gasteiger partial charge on any atom is -0.326 e.